The number of hydrogen-bond donors (Lipinski definition) is 1. The molecule has 110 valence electrons. The van der Waals surface area contributed by atoms with Gasteiger partial charge in [0.25, 0.3) is 0 Å². The van der Waals surface area contributed by atoms with Crippen molar-refractivity contribution in [2.24, 2.45) is 0 Å². The van der Waals surface area contributed by atoms with E-state index in [0.29, 0.717) is 17.2 Å². The van der Waals surface area contributed by atoms with E-state index < -0.39 is 0 Å². The highest BCUT2D eigenvalue weighted by molar-refractivity contribution is 5.74. The first-order valence-electron chi connectivity index (χ1n) is 6.61. The van der Waals surface area contributed by atoms with Gasteiger partial charge in [-0.2, -0.15) is 4.98 Å². The van der Waals surface area contributed by atoms with Gasteiger partial charge in [0.15, 0.2) is 11.5 Å². The maximum Gasteiger partial charge on any atom is 0.224 e. The number of anilines is 1. The standard InChI is InChI=1S/C13H13N5O.C2H6/c1-3-5-6-9(4-2)10-7-15-12(14)11(17-10)13-16-8-19-18-13;1-2/h3-8H,2H2,1H3,(H2,14,15);1-2H3/b5-3-,9-6+;. The minimum absolute atomic E-state index is 0.250. The summed E-state index contributed by atoms with van der Waals surface area (Å²) in [5.74, 6) is 0.556. The molecule has 2 N–H and O–H groups in total. The molecule has 0 amide bonds. The number of hydrogen-bond acceptors (Lipinski definition) is 6. The van der Waals surface area contributed by atoms with Crippen molar-refractivity contribution in [2.45, 2.75) is 20.8 Å². The summed E-state index contributed by atoms with van der Waals surface area (Å²) in [6.07, 6.45) is 10.2. The molecular formula is C15H19N5O. The molecule has 2 rings (SSSR count). The lowest BCUT2D eigenvalue weighted by Gasteiger charge is -2.04. The van der Waals surface area contributed by atoms with Crippen molar-refractivity contribution >= 4 is 11.4 Å². The van der Waals surface area contributed by atoms with Gasteiger partial charge in [0, 0.05) is 5.57 Å². The summed E-state index contributed by atoms with van der Waals surface area (Å²) in [7, 11) is 0. The number of nitrogen functional groups attached to an aromatic ring is 1. The van der Waals surface area contributed by atoms with E-state index in [1.54, 1.807) is 12.3 Å². The molecule has 2 heterocycles. The normalized spacial score (nSPS) is 11.1. The van der Waals surface area contributed by atoms with Crippen LogP contribution in [0.25, 0.3) is 17.1 Å². The minimum atomic E-state index is 0.250. The first-order chi connectivity index (χ1) is 10.3. The van der Waals surface area contributed by atoms with Crippen molar-refractivity contribution in [3.8, 4) is 11.5 Å². The SMILES string of the molecule is C=C/C(=C\C=C/C)c1cnc(N)c(-c2ncon2)n1.CC. The molecule has 0 spiro atoms. The molecule has 2 aromatic heterocycles. The second kappa shape index (κ2) is 8.42. The van der Waals surface area contributed by atoms with E-state index in [1.165, 1.54) is 6.39 Å². The van der Waals surface area contributed by atoms with Crippen LogP contribution in [0.1, 0.15) is 26.5 Å². The third kappa shape index (κ3) is 4.10. The van der Waals surface area contributed by atoms with Crippen LogP contribution < -0.4 is 5.73 Å². The fourth-order valence-corrected chi connectivity index (χ4v) is 1.43. The topological polar surface area (TPSA) is 90.7 Å². The lowest BCUT2D eigenvalue weighted by Crippen LogP contribution is -2.01. The highest BCUT2D eigenvalue weighted by atomic mass is 16.5. The number of nitrogens with two attached hydrogens (primary N) is 1. The third-order valence-corrected chi connectivity index (χ3v) is 2.36. The first-order valence-corrected chi connectivity index (χ1v) is 6.61. The molecule has 0 saturated heterocycles. The molecule has 0 unspecified atom stereocenters. The van der Waals surface area contributed by atoms with Crippen LogP contribution in [0.15, 0.2) is 48.0 Å². The second-order valence-electron chi connectivity index (χ2n) is 3.60. The van der Waals surface area contributed by atoms with Crippen molar-refractivity contribution in [2.75, 3.05) is 5.73 Å². The maximum atomic E-state index is 5.77. The Bertz CT molecular complexity index is 630. The molecule has 0 fully saturated rings. The summed E-state index contributed by atoms with van der Waals surface area (Å²) >= 11 is 0. The summed E-state index contributed by atoms with van der Waals surface area (Å²) in [5, 5.41) is 3.71. The van der Waals surface area contributed by atoms with E-state index in [1.807, 2.05) is 39.0 Å². The molecule has 0 aliphatic rings. The molecule has 6 heteroatoms. The minimum Gasteiger partial charge on any atom is -0.382 e. The molecule has 2 aromatic rings. The Hall–Kier alpha value is -2.76. The number of aromatic nitrogens is 4. The summed E-state index contributed by atoms with van der Waals surface area (Å²) in [6.45, 7) is 9.68. The van der Waals surface area contributed by atoms with Crippen LogP contribution in [0.4, 0.5) is 5.82 Å². The van der Waals surface area contributed by atoms with E-state index in [4.69, 9.17) is 5.73 Å². The van der Waals surface area contributed by atoms with E-state index in [-0.39, 0.29) is 5.82 Å². The average molecular weight is 285 g/mol. The molecule has 0 atom stereocenters. The van der Waals surface area contributed by atoms with Gasteiger partial charge in [-0.3, -0.25) is 0 Å². The van der Waals surface area contributed by atoms with Gasteiger partial charge in [0.05, 0.1) is 11.9 Å². The lowest BCUT2D eigenvalue weighted by atomic mass is 10.1. The molecule has 21 heavy (non-hydrogen) atoms. The first kappa shape index (κ1) is 16.3. The number of nitrogens with zero attached hydrogens (tertiary/aromatic N) is 4. The number of rotatable bonds is 4. The Balaban J connectivity index is 0.00000106. The Morgan fingerprint density at radius 1 is 1.33 bits per heavy atom. The summed E-state index contributed by atoms with van der Waals surface area (Å²) < 4.78 is 4.69. The molecule has 0 radical (unpaired) electrons. The van der Waals surface area contributed by atoms with Crippen molar-refractivity contribution in [1.29, 1.82) is 0 Å². The van der Waals surface area contributed by atoms with E-state index in [9.17, 15) is 0 Å². The van der Waals surface area contributed by atoms with Gasteiger partial charge in [-0.05, 0) is 6.92 Å². The van der Waals surface area contributed by atoms with Crippen LogP contribution in [0.3, 0.4) is 0 Å². The predicted octanol–water partition coefficient (Wildman–Crippen LogP) is 3.28. The van der Waals surface area contributed by atoms with Crippen molar-refractivity contribution in [3.63, 3.8) is 0 Å². The smallest absolute Gasteiger partial charge is 0.224 e. The molecule has 0 aromatic carbocycles. The number of allylic oxidation sites excluding steroid dienone is 5. The summed E-state index contributed by atoms with van der Waals surface area (Å²) in [6, 6.07) is 0. The average Bonchev–Trinajstić information content (AvgIpc) is 3.05. The largest absolute Gasteiger partial charge is 0.382 e. The maximum absolute atomic E-state index is 5.77. The summed E-state index contributed by atoms with van der Waals surface area (Å²) in [4.78, 5) is 12.4. The zero-order chi connectivity index (χ0) is 15.7. The molecule has 0 aliphatic carbocycles. The molecule has 0 bridgehead atoms. The monoisotopic (exact) mass is 285 g/mol. The van der Waals surface area contributed by atoms with Gasteiger partial charge in [-0.1, -0.05) is 49.9 Å². The van der Waals surface area contributed by atoms with Gasteiger partial charge in [-0.25, -0.2) is 9.97 Å². The van der Waals surface area contributed by atoms with Gasteiger partial charge < -0.3 is 10.3 Å². The van der Waals surface area contributed by atoms with Gasteiger partial charge in [-0.15, -0.1) is 0 Å². The molecular weight excluding hydrogens is 266 g/mol. The van der Waals surface area contributed by atoms with Gasteiger partial charge >= 0.3 is 0 Å². The quantitative estimate of drug-likeness (QED) is 0.867. The van der Waals surface area contributed by atoms with Crippen LogP contribution in [-0.2, 0) is 0 Å². The highest BCUT2D eigenvalue weighted by Gasteiger charge is 2.12. The third-order valence-electron chi connectivity index (χ3n) is 2.36. The van der Waals surface area contributed by atoms with E-state index in [2.05, 4.69) is 31.2 Å². The van der Waals surface area contributed by atoms with Crippen LogP contribution in [-0.4, -0.2) is 20.1 Å². The van der Waals surface area contributed by atoms with Crippen molar-refractivity contribution < 1.29 is 4.52 Å². The Labute approximate surface area is 124 Å². The fourth-order valence-electron chi connectivity index (χ4n) is 1.43. The molecule has 6 nitrogen and oxygen atoms in total. The van der Waals surface area contributed by atoms with Crippen molar-refractivity contribution in [3.05, 3.63) is 49.2 Å². The second-order valence-corrected chi connectivity index (χ2v) is 3.60. The van der Waals surface area contributed by atoms with Crippen LogP contribution in [0.5, 0.6) is 0 Å². The lowest BCUT2D eigenvalue weighted by molar-refractivity contribution is 0.418. The fraction of sp³-hybridized carbons (Fsp3) is 0.200. The highest BCUT2D eigenvalue weighted by Crippen LogP contribution is 2.21. The molecule has 0 saturated carbocycles. The van der Waals surface area contributed by atoms with Crippen LogP contribution in [0.2, 0.25) is 0 Å². The van der Waals surface area contributed by atoms with E-state index >= 15 is 0 Å². The molecule has 0 aliphatic heterocycles. The Morgan fingerprint density at radius 2 is 2.10 bits per heavy atom. The Morgan fingerprint density at radius 3 is 2.67 bits per heavy atom. The van der Waals surface area contributed by atoms with Gasteiger partial charge in [0.2, 0.25) is 12.2 Å². The zero-order valence-corrected chi connectivity index (χ0v) is 12.4. The van der Waals surface area contributed by atoms with Crippen molar-refractivity contribution in [1.82, 2.24) is 20.1 Å². The zero-order valence-electron chi connectivity index (χ0n) is 12.4. The summed E-state index contributed by atoms with van der Waals surface area (Å²) in [5.41, 5.74) is 7.63. The Kier molecular flexibility index (Phi) is 6.53. The van der Waals surface area contributed by atoms with Crippen LogP contribution >= 0.6 is 0 Å². The van der Waals surface area contributed by atoms with E-state index in [0.717, 1.165) is 5.57 Å². The van der Waals surface area contributed by atoms with Crippen LogP contribution in [0, 0.1) is 0 Å². The van der Waals surface area contributed by atoms with Gasteiger partial charge in [0.1, 0.15) is 0 Å². The predicted molar refractivity (Wildman–Crippen MR) is 84.1 cm³/mol.